The average molecular weight is 410 g/mol. The summed E-state index contributed by atoms with van der Waals surface area (Å²) in [6.45, 7) is 5.02. The Labute approximate surface area is 144 Å². The van der Waals surface area contributed by atoms with Crippen LogP contribution in [0.3, 0.4) is 0 Å². The molecule has 0 spiro atoms. The molecule has 1 heterocycles. The summed E-state index contributed by atoms with van der Waals surface area (Å²) < 4.78 is 6.52. The van der Waals surface area contributed by atoms with Crippen LogP contribution in [0.2, 0.25) is 0 Å². The van der Waals surface area contributed by atoms with E-state index in [1.54, 1.807) is 0 Å². The maximum Gasteiger partial charge on any atom is 0.251 e. The molecule has 1 aliphatic rings. The van der Waals surface area contributed by atoms with Gasteiger partial charge in [-0.3, -0.25) is 9.69 Å². The van der Waals surface area contributed by atoms with Crippen molar-refractivity contribution in [1.29, 1.82) is 0 Å². The highest BCUT2D eigenvalue weighted by molar-refractivity contribution is 14.1. The smallest absolute Gasteiger partial charge is 0.251 e. The van der Waals surface area contributed by atoms with Gasteiger partial charge in [0.05, 0.1) is 13.2 Å². The third-order valence-corrected chi connectivity index (χ3v) is 4.55. The van der Waals surface area contributed by atoms with Gasteiger partial charge in [0.2, 0.25) is 0 Å². The number of nitrogens with one attached hydrogen (secondary N) is 1. The maximum absolute atomic E-state index is 12.2. The van der Waals surface area contributed by atoms with Crippen molar-refractivity contribution in [3.63, 3.8) is 0 Å². The fourth-order valence-corrected chi connectivity index (χ4v) is 3.13. The molecule has 0 saturated carbocycles. The second-order valence-electron chi connectivity index (χ2n) is 5.42. The van der Waals surface area contributed by atoms with Crippen LogP contribution in [-0.2, 0) is 4.74 Å². The van der Waals surface area contributed by atoms with Gasteiger partial charge in [-0.25, -0.2) is 0 Å². The lowest BCUT2D eigenvalue weighted by Gasteiger charge is -2.26. The zero-order valence-electron chi connectivity index (χ0n) is 12.3. The Morgan fingerprint density at radius 2 is 1.86 bits per heavy atom. The van der Waals surface area contributed by atoms with E-state index in [1.165, 1.54) is 3.57 Å². The lowest BCUT2D eigenvalue weighted by molar-refractivity contribution is 0.0383. The van der Waals surface area contributed by atoms with Gasteiger partial charge < -0.3 is 10.1 Å². The normalized spacial score (nSPS) is 15.9. The summed E-state index contributed by atoms with van der Waals surface area (Å²) in [5.74, 6) is -0.00582. The Morgan fingerprint density at radius 1 is 1.14 bits per heavy atom. The minimum atomic E-state index is -0.00582. The summed E-state index contributed by atoms with van der Waals surface area (Å²) in [5, 5.41) is 5.26. The minimum Gasteiger partial charge on any atom is -0.379 e. The highest BCUT2D eigenvalue weighted by atomic mass is 127. The lowest BCUT2D eigenvalue weighted by Crippen LogP contribution is -2.41. The fourth-order valence-electron chi connectivity index (χ4n) is 2.61. The predicted molar refractivity (Wildman–Crippen MR) is 96.3 cm³/mol. The van der Waals surface area contributed by atoms with E-state index in [1.807, 2.05) is 18.2 Å². The molecule has 1 fully saturated rings. The van der Waals surface area contributed by atoms with Crippen LogP contribution >= 0.6 is 22.6 Å². The molecular weight excluding hydrogens is 391 g/mol. The summed E-state index contributed by atoms with van der Waals surface area (Å²) >= 11 is 2.30. The first-order chi connectivity index (χ1) is 10.7. The van der Waals surface area contributed by atoms with E-state index in [0.29, 0.717) is 6.54 Å². The Hall–Kier alpha value is -1.18. The molecule has 1 saturated heterocycles. The molecule has 116 valence electrons. The standard InChI is InChI=1S/C17H19IN2O2/c18-16-4-3-13-11-15(2-1-14(13)12-16)17(21)19-5-6-20-7-9-22-10-8-20/h1-4,11-12H,5-10H2,(H,19,21). The number of hydrogen-bond acceptors (Lipinski definition) is 3. The van der Waals surface area contributed by atoms with Gasteiger partial charge in [-0.2, -0.15) is 0 Å². The van der Waals surface area contributed by atoms with Gasteiger partial charge in [0.25, 0.3) is 5.91 Å². The number of fused-ring (bicyclic) bond motifs is 1. The fraction of sp³-hybridized carbons (Fsp3) is 0.353. The van der Waals surface area contributed by atoms with Crippen LogP contribution in [-0.4, -0.2) is 50.2 Å². The van der Waals surface area contributed by atoms with E-state index in [9.17, 15) is 4.79 Å². The third-order valence-electron chi connectivity index (χ3n) is 3.88. The molecule has 4 nitrogen and oxygen atoms in total. The number of ether oxygens (including phenoxy) is 1. The first-order valence-corrected chi connectivity index (χ1v) is 8.58. The number of morpholine rings is 1. The van der Waals surface area contributed by atoms with E-state index in [4.69, 9.17) is 4.74 Å². The largest absolute Gasteiger partial charge is 0.379 e. The van der Waals surface area contributed by atoms with Crippen molar-refractivity contribution in [3.05, 3.63) is 45.5 Å². The maximum atomic E-state index is 12.2. The van der Waals surface area contributed by atoms with E-state index < -0.39 is 0 Å². The van der Waals surface area contributed by atoms with Gasteiger partial charge in [-0.1, -0.05) is 12.1 Å². The van der Waals surface area contributed by atoms with Gasteiger partial charge in [0.1, 0.15) is 0 Å². The highest BCUT2D eigenvalue weighted by Crippen LogP contribution is 2.19. The Morgan fingerprint density at radius 3 is 2.68 bits per heavy atom. The monoisotopic (exact) mass is 410 g/mol. The predicted octanol–water partition coefficient (Wildman–Crippen LogP) is 2.51. The zero-order chi connectivity index (χ0) is 15.4. The van der Waals surface area contributed by atoms with Gasteiger partial charge >= 0.3 is 0 Å². The number of halogens is 1. The summed E-state index contributed by atoms with van der Waals surface area (Å²) in [6, 6.07) is 12.1. The Kier molecular flexibility index (Phi) is 5.28. The highest BCUT2D eigenvalue weighted by Gasteiger charge is 2.11. The molecule has 0 radical (unpaired) electrons. The summed E-state index contributed by atoms with van der Waals surface area (Å²) in [7, 11) is 0. The number of rotatable bonds is 4. The molecule has 1 amide bonds. The Balaban J connectivity index is 1.58. The van der Waals surface area contributed by atoms with Crippen LogP contribution < -0.4 is 5.32 Å². The van der Waals surface area contributed by atoms with Gasteiger partial charge in [0, 0.05) is 35.3 Å². The van der Waals surface area contributed by atoms with Crippen LogP contribution in [0.25, 0.3) is 10.8 Å². The van der Waals surface area contributed by atoms with Crippen LogP contribution in [0.4, 0.5) is 0 Å². The van der Waals surface area contributed by atoms with E-state index >= 15 is 0 Å². The molecule has 0 unspecified atom stereocenters. The van der Waals surface area contributed by atoms with Crippen molar-refractivity contribution in [2.45, 2.75) is 0 Å². The van der Waals surface area contributed by atoms with Crippen molar-refractivity contribution in [3.8, 4) is 0 Å². The van der Waals surface area contributed by atoms with E-state index in [2.05, 4.69) is 51.0 Å². The second kappa shape index (κ2) is 7.39. The van der Waals surface area contributed by atoms with Crippen molar-refractivity contribution < 1.29 is 9.53 Å². The van der Waals surface area contributed by atoms with Crippen LogP contribution in [0.5, 0.6) is 0 Å². The first-order valence-electron chi connectivity index (χ1n) is 7.50. The molecule has 2 aromatic rings. The molecule has 2 aromatic carbocycles. The molecule has 0 aliphatic carbocycles. The minimum absolute atomic E-state index is 0.00582. The molecule has 0 bridgehead atoms. The summed E-state index contributed by atoms with van der Waals surface area (Å²) in [6.07, 6.45) is 0. The number of carbonyl (C=O) groups excluding carboxylic acids is 1. The SMILES string of the molecule is O=C(NCCN1CCOCC1)c1ccc2cc(I)ccc2c1. The molecular formula is C17H19IN2O2. The van der Waals surface area contributed by atoms with Crippen molar-refractivity contribution in [2.75, 3.05) is 39.4 Å². The van der Waals surface area contributed by atoms with Crippen molar-refractivity contribution in [1.82, 2.24) is 10.2 Å². The number of benzene rings is 2. The summed E-state index contributed by atoms with van der Waals surface area (Å²) in [5.41, 5.74) is 0.718. The van der Waals surface area contributed by atoms with E-state index in [-0.39, 0.29) is 5.91 Å². The molecule has 1 N–H and O–H groups in total. The molecule has 0 aromatic heterocycles. The van der Waals surface area contributed by atoms with Crippen LogP contribution in [0.15, 0.2) is 36.4 Å². The third kappa shape index (κ3) is 3.97. The van der Waals surface area contributed by atoms with Gasteiger partial charge in [-0.15, -0.1) is 0 Å². The number of hydrogen-bond donors (Lipinski definition) is 1. The Bertz CT molecular complexity index is 669. The van der Waals surface area contributed by atoms with Gasteiger partial charge in [0.15, 0.2) is 0 Å². The number of amides is 1. The molecule has 5 heteroatoms. The van der Waals surface area contributed by atoms with Gasteiger partial charge in [-0.05, 0) is 57.6 Å². The molecule has 3 rings (SSSR count). The van der Waals surface area contributed by atoms with Crippen molar-refractivity contribution in [2.24, 2.45) is 0 Å². The van der Waals surface area contributed by atoms with Crippen LogP contribution in [0, 0.1) is 3.57 Å². The summed E-state index contributed by atoms with van der Waals surface area (Å²) in [4.78, 5) is 14.6. The topological polar surface area (TPSA) is 41.6 Å². The molecule has 1 aliphatic heterocycles. The average Bonchev–Trinajstić information content (AvgIpc) is 2.55. The zero-order valence-corrected chi connectivity index (χ0v) is 14.5. The second-order valence-corrected chi connectivity index (χ2v) is 6.66. The van der Waals surface area contributed by atoms with Crippen molar-refractivity contribution >= 4 is 39.3 Å². The van der Waals surface area contributed by atoms with E-state index in [0.717, 1.165) is 49.2 Å². The number of carbonyl (C=O) groups is 1. The quantitative estimate of drug-likeness (QED) is 0.788. The number of nitrogens with zero attached hydrogens (tertiary/aromatic N) is 1. The molecule has 22 heavy (non-hydrogen) atoms. The lowest BCUT2D eigenvalue weighted by atomic mass is 10.1. The molecule has 0 atom stereocenters. The van der Waals surface area contributed by atoms with Crippen LogP contribution in [0.1, 0.15) is 10.4 Å². The first kappa shape index (κ1) is 15.7.